The summed E-state index contributed by atoms with van der Waals surface area (Å²) in [5.41, 5.74) is 2.49. The van der Waals surface area contributed by atoms with E-state index in [9.17, 15) is 0 Å². The first-order chi connectivity index (χ1) is 11.2. The summed E-state index contributed by atoms with van der Waals surface area (Å²) < 4.78 is 17.7. The minimum atomic E-state index is 0.456. The molecule has 0 radical (unpaired) electrons. The Morgan fingerprint density at radius 3 is 2.52 bits per heavy atom. The van der Waals surface area contributed by atoms with Crippen LogP contribution in [0.5, 0.6) is 5.75 Å². The van der Waals surface area contributed by atoms with E-state index >= 15 is 0 Å². The van der Waals surface area contributed by atoms with Gasteiger partial charge in [0.25, 0.3) is 5.89 Å². The normalized spacial score (nSPS) is 11.0. The van der Waals surface area contributed by atoms with Crippen molar-refractivity contribution in [3.63, 3.8) is 0 Å². The minimum Gasteiger partial charge on any atom is -0.497 e. The van der Waals surface area contributed by atoms with Crippen LogP contribution >= 0.6 is 15.9 Å². The number of aromatic nitrogens is 1. The molecule has 2 aromatic heterocycles. The summed E-state index contributed by atoms with van der Waals surface area (Å²) in [5.74, 6) is 2.57. The standard InChI is InChI=1S/C18H12BrNO3/c1-21-12-8-6-11(7-9-12)16-10-13(19)17(22-16)18-20-14-4-2-3-5-15(14)23-18/h2-10H,1H3. The number of para-hydroxylation sites is 2. The lowest BCUT2D eigenvalue weighted by atomic mass is 10.2. The fourth-order valence-electron chi connectivity index (χ4n) is 2.38. The molecule has 4 aromatic rings. The zero-order valence-corrected chi connectivity index (χ0v) is 13.8. The van der Waals surface area contributed by atoms with Gasteiger partial charge in [0.2, 0.25) is 5.76 Å². The monoisotopic (exact) mass is 369 g/mol. The van der Waals surface area contributed by atoms with Gasteiger partial charge in [0.05, 0.1) is 11.6 Å². The Bertz CT molecular complexity index is 937. The van der Waals surface area contributed by atoms with Crippen molar-refractivity contribution in [1.29, 1.82) is 0 Å². The fourth-order valence-corrected chi connectivity index (χ4v) is 2.84. The Morgan fingerprint density at radius 1 is 1.00 bits per heavy atom. The topological polar surface area (TPSA) is 48.4 Å². The van der Waals surface area contributed by atoms with E-state index in [1.54, 1.807) is 7.11 Å². The smallest absolute Gasteiger partial charge is 0.265 e. The van der Waals surface area contributed by atoms with Gasteiger partial charge in [0.1, 0.15) is 17.0 Å². The molecule has 5 heteroatoms. The van der Waals surface area contributed by atoms with Crippen molar-refractivity contribution in [3.8, 4) is 28.7 Å². The molecule has 2 aromatic carbocycles. The Kier molecular flexibility index (Phi) is 3.42. The molecule has 114 valence electrons. The number of rotatable bonds is 3. The van der Waals surface area contributed by atoms with Crippen LogP contribution in [0.25, 0.3) is 34.1 Å². The molecule has 0 atom stereocenters. The van der Waals surface area contributed by atoms with Gasteiger partial charge in [-0.15, -0.1) is 0 Å². The Hall–Kier alpha value is -2.53. The van der Waals surface area contributed by atoms with Crippen molar-refractivity contribution in [1.82, 2.24) is 4.98 Å². The number of nitrogens with zero attached hydrogens (tertiary/aromatic N) is 1. The molecule has 0 fully saturated rings. The number of oxazole rings is 1. The molecule has 4 nitrogen and oxygen atoms in total. The van der Waals surface area contributed by atoms with Crippen LogP contribution in [0.4, 0.5) is 0 Å². The molecule has 0 saturated heterocycles. The first-order valence-corrected chi connectivity index (χ1v) is 7.83. The summed E-state index contributed by atoms with van der Waals surface area (Å²) in [6, 6.07) is 17.2. The van der Waals surface area contributed by atoms with Crippen LogP contribution in [0.15, 0.2) is 67.9 Å². The van der Waals surface area contributed by atoms with Gasteiger partial charge in [0.15, 0.2) is 5.58 Å². The molecule has 0 aliphatic rings. The van der Waals surface area contributed by atoms with E-state index in [1.165, 1.54) is 0 Å². The highest BCUT2D eigenvalue weighted by Crippen LogP contribution is 2.37. The predicted molar refractivity (Wildman–Crippen MR) is 91.4 cm³/mol. The van der Waals surface area contributed by atoms with Crippen LogP contribution in [-0.2, 0) is 0 Å². The van der Waals surface area contributed by atoms with Gasteiger partial charge >= 0.3 is 0 Å². The molecule has 23 heavy (non-hydrogen) atoms. The average Bonchev–Trinajstić information content (AvgIpc) is 3.18. The van der Waals surface area contributed by atoms with Gasteiger partial charge in [0, 0.05) is 5.56 Å². The van der Waals surface area contributed by atoms with Gasteiger partial charge in [-0.2, -0.15) is 0 Å². The maximum atomic E-state index is 5.95. The molecular weight excluding hydrogens is 358 g/mol. The molecule has 4 rings (SSSR count). The van der Waals surface area contributed by atoms with Crippen LogP contribution in [0.3, 0.4) is 0 Å². The molecule has 0 spiro atoms. The van der Waals surface area contributed by atoms with Crippen LogP contribution in [0.1, 0.15) is 0 Å². The number of ether oxygens (including phenoxy) is 1. The maximum Gasteiger partial charge on any atom is 0.265 e. The van der Waals surface area contributed by atoms with Gasteiger partial charge < -0.3 is 13.6 Å². The number of hydrogen-bond acceptors (Lipinski definition) is 4. The van der Waals surface area contributed by atoms with Crippen molar-refractivity contribution in [2.24, 2.45) is 0 Å². The van der Waals surface area contributed by atoms with Crippen LogP contribution in [-0.4, -0.2) is 12.1 Å². The SMILES string of the molecule is COc1ccc(-c2cc(Br)c(-c3nc4ccccc4o3)o2)cc1. The summed E-state index contributed by atoms with van der Waals surface area (Å²) in [7, 11) is 1.64. The van der Waals surface area contributed by atoms with E-state index in [-0.39, 0.29) is 0 Å². The Morgan fingerprint density at radius 2 is 1.78 bits per heavy atom. The predicted octanol–water partition coefficient (Wildman–Crippen LogP) is 5.53. The Balaban J connectivity index is 1.76. The molecule has 2 heterocycles. The number of halogens is 1. The highest BCUT2D eigenvalue weighted by molar-refractivity contribution is 9.10. The first kappa shape index (κ1) is 14.1. The average molecular weight is 370 g/mol. The third kappa shape index (κ3) is 2.53. The quantitative estimate of drug-likeness (QED) is 0.476. The number of hydrogen-bond donors (Lipinski definition) is 0. The first-order valence-electron chi connectivity index (χ1n) is 7.04. The molecule has 0 aliphatic heterocycles. The largest absolute Gasteiger partial charge is 0.497 e. The van der Waals surface area contributed by atoms with Gasteiger partial charge in [-0.05, 0) is 58.4 Å². The molecule has 0 amide bonds. The molecular formula is C18H12BrNO3. The second kappa shape index (κ2) is 5.59. The summed E-state index contributed by atoms with van der Waals surface area (Å²) in [4.78, 5) is 4.47. The van der Waals surface area contributed by atoms with Crippen molar-refractivity contribution < 1.29 is 13.6 Å². The van der Waals surface area contributed by atoms with E-state index in [0.717, 1.165) is 32.6 Å². The third-order valence-corrected chi connectivity index (χ3v) is 4.14. The lowest BCUT2D eigenvalue weighted by Crippen LogP contribution is -1.81. The Labute approximate surface area is 140 Å². The molecule has 0 saturated carbocycles. The lowest BCUT2D eigenvalue weighted by molar-refractivity contribution is 0.415. The van der Waals surface area contributed by atoms with Crippen LogP contribution in [0.2, 0.25) is 0 Å². The second-order valence-electron chi connectivity index (χ2n) is 5.00. The van der Waals surface area contributed by atoms with Crippen molar-refractivity contribution in [3.05, 3.63) is 59.1 Å². The summed E-state index contributed by atoms with van der Waals surface area (Å²) in [6.45, 7) is 0. The van der Waals surface area contributed by atoms with E-state index in [4.69, 9.17) is 13.6 Å². The van der Waals surface area contributed by atoms with Gasteiger partial charge in [-0.3, -0.25) is 0 Å². The number of benzene rings is 2. The maximum absolute atomic E-state index is 5.95. The van der Waals surface area contributed by atoms with Crippen molar-refractivity contribution in [2.45, 2.75) is 0 Å². The van der Waals surface area contributed by atoms with Crippen LogP contribution < -0.4 is 4.74 Å². The zero-order chi connectivity index (χ0) is 15.8. The van der Waals surface area contributed by atoms with Crippen molar-refractivity contribution >= 4 is 27.0 Å². The van der Waals surface area contributed by atoms with Crippen LogP contribution in [0, 0.1) is 0 Å². The van der Waals surface area contributed by atoms with E-state index < -0.39 is 0 Å². The highest BCUT2D eigenvalue weighted by Gasteiger charge is 2.18. The second-order valence-corrected chi connectivity index (χ2v) is 5.86. The lowest BCUT2D eigenvalue weighted by Gasteiger charge is -2.00. The zero-order valence-electron chi connectivity index (χ0n) is 12.2. The molecule has 0 unspecified atom stereocenters. The van der Waals surface area contributed by atoms with E-state index in [2.05, 4.69) is 20.9 Å². The summed E-state index contributed by atoms with van der Waals surface area (Å²) in [5, 5.41) is 0. The number of furan rings is 1. The fraction of sp³-hybridized carbons (Fsp3) is 0.0556. The molecule has 0 N–H and O–H groups in total. The molecule has 0 bridgehead atoms. The van der Waals surface area contributed by atoms with Gasteiger partial charge in [-0.1, -0.05) is 12.1 Å². The van der Waals surface area contributed by atoms with E-state index in [1.807, 2.05) is 54.6 Å². The van der Waals surface area contributed by atoms with E-state index in [0.29, 0.717) is 11.7 Å². The van der Waals surface area contributed by atoms with Gasteiger partial charge in [-0.25, -0.2) is 4.98 Å². The summed E-state index contributed by atoms with van der Waals surface area (Å²) in [6.07, 6.45) is 0. The minimum absolute atomic E-state index is 0.456. The third-order valence-electron chi connectivity index (χ3n) is 3.55. The number of methoxy groups -OCH3 is 1. The molecule has 0 aliphatic carbocycles. The number of fused-ring (bicyclic) bond motifs is 1. The van der Waals surface area contributed by atoms with Crippen molar-refractivity contribution in [2.75, 3.05) is 7.11 Å². The highest BCUT2D eigenvalue weighted by atomic mass is 79.9. The summed E-state index contributed by atoms with van der Waals surface area (Å²) >= 11 is 3.52.